The Labute approximate surface area is 132 Å². The summed E-state index contributed by atoms with van der Waals surface area (Å²) in [6.45, 7) is 10.9. The number of rotatable bonds is 3. The van der Waals surface area contributed by atoms with Crippen LogP contribution in [0.3, 0.4) is 0 Å². The van der Waals surface area contributed by atoms with Crippen molar-refractivity contribution in [3.05, 3.63) is 28.3 Å². The quantitative estimate of drug-likeness (QED) is 0.919. The number of amides is 1. The molecule has 0 saturated carbocycles. The molecule has 1 aromatic carbocycles. The Balaban J connectivity index is 1.99. The Hall–Kier alpha value is -1.06. The lowest BCUT2D eigenvalue weighted by Crippen LogP contribution is -2.42. The number of nitrogens with zero attached hydrogens (tertiary/aromatic N) is 1. The van der Waals surface area contributed by atoms with E-state index in [1.165, 1.54) is 6.42 Å². The number of aryl methyl sites for hydroxylation is 2. The van der Waals surface area contributed by atoms with E-state index in [2.05, 4.69) is 24.1 Å². The summed E-state index contributed by atoms with van der Waals surface area (Å²) in [5.74, 6) is 1.34. The molecule has 1 heterocycles. The molecule has 4 heteroatoms. The zero-order chi connectivity index (χ0) is 15.6. The van der Waals surface area contributed by atoms with Crippen molar-refractivity contribution in [1.82, 2.24) is 4.90 Å². The lowest BCUT2D eigenvalue weighted by molar-refractivity contribution is -0.117. The van der Waals surface area contributed by atoms with Gasteiger partial charge in [-0.2, -0.15) is 0 Å². The van der Waals surface area contributed by atoms with Crippen LogP contribution < -0.4 is 5.32 Å². The maximum Gasteiger partial charge on any atom is 0.238 e. The summed E-state index contributed by atoms with van der Waals surface area (Å²) >= 11 is 6.24. The van der Waals surface area contributed by atoms with Gasteiger partial charge in [0.25, 0.3) is 0 Å². The van der Waals surface area contributed by atoms with Gasteiger partial charge >= 0.3 is 0 Å². The average molecular weight is 309 g/mol. The minimum absolute atomic E-state index is 0.0187. The second-order valence-corrected chi connectivity index (χ2v) is 7.03. The lowest BCUT2D eigenvalue weighted by atomic mass is 9.92. The molecule has 2 rings (SSSR count). The SMILES string of the molecule is Cc1cc(C)c(NC(=O)CN2C[C@@H](C)C[C@H](C)C2)c(Cl)c1. The number of anilines is 1. The molecule has 1 N–H and O–H groups in total. The summed E-state index contributed by atoms with van der Waals surface area (Å²) in [5, 5.41) is 3.58. The van der Waals surface area contributed by atoms with Gasteiger partial charge in [-0.05, 0) is 49.3 Å². The molecule has 1 aliphatic rings. The van der Waals surface area contributed by atoms with Crippen molar-refractivity contribution in [1.29, 1.82) is 0 Å². The minimum atomic E-state index is 0.0187. The van der Waals surface area contributed by atoms with Crippen LogP contribution in [0, 0.1) is 25.7 Å². The Morgan fingerprint density at radius 3 is 2.48 bits per heavy atom. The summed E-state index contributed by atoms with van der Waals surface area (Å²) < 4.78 is 0. The fourth-order valence-electron chi connectivity index (χ4n) is 3.38. The van der Waals surface area contributed by atoms with Crippen LogP contribution in [0.25, 0.3) is 0 Å². The van der Waals surface area contributed by atoms with Gasteiger partial charge in [0.05, 0.1) is 17.3 Å². The van der Waals surface area contributed by atoms with Gasteiger partial charge in [-0.1, -0.05) is 31.5 Å². The smallest absolute Gasteiger partial charge is 0.238 e. The first-order chi connectivity index (χ1) is 9.85. The van der Waals surface area contributed by atoms with Crippen LogP contribution >= 0.6 is 11.6 Å². The normalized spacial score (nSPS) is 23.1. The van der Waals surface area contributed by atoms with Crippen LogP contribution in [0.2, 0.25) is 5.02 Å². The number of hydrogen-bond donors (Lipinski definition) is 1. The van der Waals surface area contributed by atoms with Gasteiger partial charge in [-0.25, -0.2) is 0 Å². The van der Waals surface area contributed by atoms with Crippen LogP contribution in [0.5, 0.6) is 0 Å². The van der Waals surface area contributed by atoms with E-state index in [0.717, 1.165) is 29.9 Å². The predicted octanol–water partition coefficient (Wildman–Crippen LogP) is 3.87. The number of benzene rings is 1. The molecule has 1 fully saturated rings. The third-order valence-corrected chi connectivity index (χ3v) is 4.31. The molecular weight excluding hydrogens is 284 g/mol. The molecule has 2 atom stereocenters. The second-order valence-electron chi connectivity index (χ2n) is 6.63. The third-order valence-electron chi connectivity index (χ3n) is 4.01. The molecule has 116 valence electrons. The maximum atomic E-state index is 12.3. The van der Waals surface area contributed by atoms with Crippen molar-refractivity contribution in [2.75, 3.05) is 25.0 Å². The molecule has 0 radical (unpaired) electrons. The topological polar surface area (TPSA) is 32.3 Å². The van der Waals surface area contributed by atoms with Gasteiger partial charge < -0.3 is 5.32 Å². The largest absolute Gasteiger partial charge is 0.323 e. The van der Waals surface area contributed by atoms with E-state index in [9.17, 15) is 4.79 Å². The molecule has 1 saturated heterocycles. The molecular formula is C17H25ClN2O. The van der Waals surface area contributed by atoms with Crippen molar-refractivity contribution in [2.24, 2.45) is 11.8 Å². The van der Waals surface area contributed by atoms with E-state index >= 15 is 0 Å². The number of halogens is 1. The van der Waals surface area contributed by atoms with Crippen molar-refractivity contribution >= 4 is 23.2 Å². The van der Waals surface area contributed by atoms with Crippen molar-refractivity contribution in [3.8, 4) is 0 Å². The Kier molecular flexibility index (Phi) is 5.28. The zero-order valence-corrected chi connectivity index (χ0v) is 14.1. The fraction of sp³-hybridized carbons (Fsp3) is 0.588. The lowest BCUT2D eigenvalue weighted by Gasteiger charge is -2.34. The van der Waals surface area contributed by atoms with Crippen LogP contribution in [-0.4, -0.2) is 30.4 Å². The molecule has 1 amide bonds. The summed E-state index contributed by atoms with van der Waals surface area (Å²) in [7, 11) is 0. The molecule has 1 aliphatic heterocycles. The van der Waals surface area contributed by atoms with Gasteiger partial charge in [0.2, 0.25) is 5.91 Å². The first-order valence-electron chi connectivity index (χ1n) is 7.64. The molecule has 3 nitrogen and oxygen atoms in total. The Morgan fingerprint density at radius 1 is 1.29 bits per heavy atom. The first kappa shape index (κ1) is 16.3. The van der Waals surface area contributed by atoms with Gasteiger partial charge in [-0.3, -0.25) is 9.69 Å². The maximum absolute atomic E-state index is 12.3. The van der Waals surface area contributed by atoms with Crippen molar-refractivity contribution < 1.29 is 4.79 Å². The first-order valence-corrected chi connectivity index (χ1v) is 8.02. The average Bonchev–Trinajstić information content (AvgIpc) is 2.32. The Bertz CT molecular complexity index is 497. The Morgan fingerprint density at radius 2 is 1.90 bits per heavy atom. The van der Waals surface area contributed by atoms with E-state index in [4.69, 9.17) is 11.6 Å². The summed E-state index contributed by atoms with van der Waals surface area (Å²) in [6.07, 6.45) is 1.25. The van der Waals surface area contributed by atoms with Crippen molar-refractivity contribution in [2.45, 2.75) is 34.1 Å². The summed E-state index contributed by atoms with van der Waals surface area (Å²) in [4.78, 5) is 14.5. The molecule has 0 unspecified atom stereocenters. The second kappa shape index (κ2) is 6.80. The van der Waals surface area contributed by atoms with Crippen molar-refractivity contribution in [3.63, 3.8) is 0 Å². The van der Waals surface area contributed by atoms with Gasteiger partial charge in [0.15, 0.2) is 0 Å². The highest BCUT2D eigenvalue weighted by Gasteiger charge is 2.23. The van der Waals surface area contributed by atoms with E-state index < -0.39 is 0 Å². The summed E-state index contributed by atoms with van der Waals surface area (Å²) in [6, 6.07) is 3.92. The predicted molar refractivity (Wildman–Crippen MR) is 88.9 cm³/mol. The zero-order valence-electron chi connectivity index (χ0n) is 13.4. The van der Waals surface area contributed by atoms with Gasteiger partial charge in [0.1, 0.15) is 0 Å². The molecule has 0 spiro atoms. The molecule has 0 aliphatic carbocycles. The third kappa shape index (κ3) is 4.45. The number of nitrogens with one attached hydrogen (secondary N) is 1. The highest BCUT2D eigenvalue weighted by Crippen LogP contribution is 2.27. The number of piperidine rings is 1. The molecule has 0 aromatic heterocycles. The summed E-state index contributed by atoms with van der Waals surface area (Å²) in [5.41, 5.74) is 2.85. The van der Waals surface area contributed by atoms with E-state index in [1.807, 2.05) is 26.0 Å². The standard InChI is InChI=1S/C17H25ClN2O/c1-11-6-14(4)17(15(18)7-11)19-16(21)10-20-8-12(2)5-13(3)9-20/h6-7,12-13H,5,8-10H2,1-4H3,(H,19,21)/t12-,13-/m0/s1. The van der Waals surface area contributed by atoms with E-state index in [1.54, 1.807) is 0 Å². The monoisotopic (exact) mass is 308 g/mol. The van der Waals surface area contributed by atoms with Gasteiger partial charge in [-0.15, -0.1) is 0 Å². The number of carbonyl (C=O) groups is 1. The minimum Gasteiger partial charge on any atom is -0.323 e. The van der Waals surface area contributed by atoms with Crippen LogP contribution in [0.4, 0.5) is 5.69 Å². The van der Waals surface area contributed by atoms with E-state index in [-0.39, 0.29) is 5.91 Å². The van der Waals surface area contributed by atoms with E-state index in [0.29, 0.717) is 23.4 Å². The van der Waals surface area contributed by atoms with Crippen LogP contribution in [0.1, 0.15) is 31.4 Å². The highest BCUT2D eigenvalue weighted by atomic mass is 35.5. The molecule has 0 bridgehead atoms. The number of likely N-dealkylation sites (tertiary alicyclic amines) is 1. The van der Waals surface area contributed by atoms with Crippen LogP contribution in [0.15, 0.2) is 12.1 Å². The van der Waals surface area contributed by atoms with Crippen LogP contribution in [-0.2, 0) is 4.79 Å². The number of hydrogen-bond acceptors (Lipinski definition) is 2. The fourth-order valence-corrected chi connectivity index (χ4v) is 3.75. The molecule has 21 heavy (non-hydrogen) atoms. The van der Waals surface area contributed by atoms with Gasteiger partial charge in [0, 0.05) is 13.1 Å². The highest BCUT2D eigenvalue weighted by molar-refractivity contribution is 6.34. The molecule has 1 aromatic rings. The number of carbonyl (C=O) groups excluding carboxylic acids is 1.